The van der Waals surface area contributed by atoms with Crippen molar-refractivity contribution in [2.24, 2.45) is 0 Å². The molecule has 0 saturated carbocycles. The van der Waals surface area contributed by atoms with Gasteiger partial charge in [0.25, 0.3) is 11.8 Å². The summed E-state index contributed by atoms with van der Waals surface area (Å²) in [7, 11) is 0. The Kier molecular flexibility index (Phi) is 2.79. The molecule has 0 fully saturated rings. The average Bonchev–Trinajstić information content (AvgIpc) is 3.41. The molecule has 0 unspecified atom stereocenters. The standard InChI is InChI=1S/C21H13N5O/c1-2-8-14(9-3-1)19-23-20(24-27-19)26-18-13-7-6-12-17(18)25-16-11-5-4-10-15(16)22-21(25)26/h1-13H. The third kappa shape index (κ3) is 1.98. The lowest BCUT2D eigenvalue weighted by Gasteiger charge is -1.97. The van der Waals surface area contributed by atoms with Gasteiger partial charge in [-0.2, -0.15) is 4.98 Å². The molecule has 0 atom stereocenters. The number of hydrogen-bond donors (Lipinski definition) is 0. The predicted molar refractivity (Wildman–Crippen MR) is 103 cm³/mol. The molecule has 6 nitrogen and oxygen atoms in total. The molecular weight excluding hydrogens is 338 g/mol. The van der Waals surface area contributed by atoms with E-state index in [4.69, 9.17) is 9.51 Å². The maximum Gasteiger partial charge on any atom is 0.277 e. The Bertz CT molecular complexity index is 1420. The van der Waals surface area contributed by atoms with E-state index < -0.39 is 0 Å². The van der Waals surface area contributed by atoms with Crippen LogP contribution in [-0.4, -0.2) is 24.1 Å². The number of imidazole rings is 2. The van der Waals surface area contributed by atoms with Crippen LogP contribution in [0, 0.1) is 0 Å². The van der Waals surface area contributed by atoms with Gasteiger partial charge < -0.3 is 4.52 Å². The van der Waals surface area contributed by atoms with Crippen LogP contribution in [-0.2, 0) is 0 Å². The quantitative estimate of drug-likeness (QED) is 0.461. The number of rotatable bonds is 2. The molecule has 27 heavy (non-hydrogen) atoms. The molecule has 0 bridgehead atoms. The molecular formula is C21H13N5O. The van der Waals surface area contributed by atoms with Gasteiger partial charge in [-0.05, 0) is 41.6 Å². The summed E-state index contributed by atoms with van der Waals surface area (Å²) < 4.78 is 9.59. The third-order valence-corrected chi connectivity index (χ3v) is 4.74. The normalized spacial score (nSPS) is 11.7. The fraction of sp³-hybridized carbons (Fsp3) is 0. The summed E-state index contributed by atoms with van der Waals surface area (Å²) in [5.74, 6) is 1.71. The number of para-hydroxylation sites is 4. The van der Waals surface area contributed by atoms with E-state index in [0.29, 0.717) is 11.8 Å². The van der Waals surface area contributed by atoms with Crippen LogP contribution >= 0.6 is 0 Å². The van der Waals surface area contributed by atoms with Gasteiger partial charge in [0.05, 0.1) is 22.1 Å². The van der Waals surface area contributed by atoms with Crippen molar-refractivity contribution < 1.29 is 4.52 Å². The predicted octanol–water partition coefficient (Wildman–Crippen LogP) is 4.48. The van der Waals surface area contributed by atoms with Crippen LogP contribution in [0.2, 0.25) is 0 Å². The molecule has 0 spiro atoms. The van der Waals surface area contributed by atoms with Crippen LogP contribution in [0.4, 0.5) is 0 Å². The van der Waals surface area contributed by atoms with Crippen molar-refractivity contribution in [1.29, 1.82) is 0 Å². The maximum absolute atomic E-state index is 5.53. The first-order chi connectivity index (χ1) is 13.4. The van der Waals surface area contributed by atoms with E-state index in [-0.39, 0.29) is 0 Å². The maximum atomic E-state index is 5.53. The molecule has 6 aromatic rings. The second-order valence-corrected chi connectivity index (χ2v) is 6.33. The summed E-state index contributed by atoms with van der Waals surface area (Å²) in [6.07, 6.45) is 0. The Hall–Kier alpha value is -3.93. The molecule has 0 saturated heterocycles. The van der Waals surface area contributed by atoms with Crippen molar-refractivity contribution in [2.45, 2.75) is 0 Å². The Morgan fingerprint density at radius 3 is 2.22 bits per heavy atom. The molecule has 0 aliphatic heterocycles. The third-order valence-electron chi connectivity index (χ3n) is 4.74. The minimum atomic E-state index is 0.468. The van der Waals surface area contributed by atoms with Gasteiger partial charge in [0.2, 0.25) is 5.78 Å². The lowest BCUT2D eigenvalue weighted by atomic mass is 10.2. The first-order valence-corrected chi connectivity index (χ1v) is 8.66. The molecule has 3 heterocycles. The van der Waals surface area contributed by atoms with Gasteiger partial charge in [0.1, 0.15) is 0 Å². The average molecular weight is 351 g/mol. The van der Waals surface area contributed by atoms with E-state index in [1.165, 1.54) is 0 Å². The van der Waals surface area contributed by atoms with Crippen LogP contribution in [0.3, 0.4) is 0 Å². The van der Waals surface area contributed by atoms with Gasteiger partial charge in [-0.25, -0.2) is 9.55 Å². The van der Waals surface area contributed by atoms with Crippen molar-refractivity contribution in [1.82, 2.24) is 24.1 Å². The molecule has 128 valence electrons. The monoisotopic (exact) mass is 351 g/mol. The fourth-order valence-electron chi connectivity index (χ4n) is 3.55. The number of nitrogens with zero attached hydrogens (tertiary/aromatic N) is 5. The summed E-state index contributed by atoms with van der Waals surface area (Å²) in [4.78, 5) is 9.44. The second kappa shape index (κ2) is 5.28. The van der Waals surface area contributed by atoms with E-state index >= 15 is 0 Å². The largest absolute Gasteiger partial charge is 0.332 e. The lowest BCUT2D eigenvalue weighted by Crippen LogP contribution is -1.97. The van der Waals surface area contributed by atoms with Crippen LogP contribution < -0.4 is 0 Å². The summed E-state index contributed by atoms with van der Waals surface area (Å²) in [5.41, 5.74) is 4.89. The highest BCUT2D eigenvalue weighted by atomic mass is 16.5. The SMILES string of the molecule is c1ccc(-c2nc(-n3c4ccccc4n4c5ccccc5nc34)no2)cc1. The molecule has 0 N–H and O–H groups in total. The first-order valence-electron chi connectivity index (χ1n) is 8.66. The molecule has 6 heteroatoms. The minimum Gasteiger partial charge on any atom is -0.332 e. The van der Waals surface area contributed by atoms with E-state index in [1.54, 1.807) is 0 Å². The second-order valence-electron chi connectivity index (χ2n) is 6.33. The molecule has 0 amide bonds. The summed E-state index contributed by atoms with van der Waals surface area (Å²) in [6, 6.07) is 26.0. The first kappa shape index (κ1) is 14.3. The van der Waals surface area contributed by atoms with Crippen molar-refractivity contribution in [2.75, 3.05) is 0 Å². The molecule has 3 aromatic heterocycles. The zero-order valence-electron chi connectivity index (χ0n) is 14.1. The Morgan fingerprint density at radius 1 is 0.667 bits per heavy atom. The molecule has 0 aliphatic carbocycles. The number of benzene rings is 3. The fourth-order valence-corrected chi connectivity index (χ4v) is 3.55. The Balaban J connectivity index is 1.68. The van der Waals surface area contributed by atoms with Crippen LogP contribution in [0.1, 0.15) is 0 Å². The number of aromatic nitrogens is 5. The topological polar surface area (TPSA) is 61.2 Å². The highest BCUT2D eigenvalue weighted by Gasteiger charge is 2.20. The van der Waals surface area contributed by atoms with Gasteiger partial charge in [-0.15, -0.1) is 0 Å². The molecule has 3 aromatic carbocycles. The highest BCUT2D eigenvalue weighted by molar-refractivity contribution is 5.91. The van der Waals surface area contributed by atoms with E-state index in [9.17, 15) is 0 Å². The van der Waals surface area contributed by atoms with Crippen molar-refractivity contribution in [3.63, 3.8) is 0 Å². The van der Waals surface area contributed by atoms with E-state index in [0.717, 1.165) is 33.4 Å². The molecule has 0 radical (unpaired) electrons. The lowest BCUT2D eigenvalue weighted by molar-refractivity contribution is 0.428. The summed E-state index contributed by atoms with van der Waals surface area (Å²) in [6.45, 7) is 0. The number of hydrogen-bond acceptors (Lipinski definition) is 4. The zero-order chi connectivity index (χ0) is 17.8. The van der Waals surface area contributed by atoms with Crippen molar-refractivity contribution >= 4 is 27.8 Å². The molecule has 0 aliphatic rings. The van der Waals surface area contributed by atoms with E-state index in [1.807, 2.05) is 71.3 Å². The summed E-state index contributed by atoms with van der Waals surface area (Å²) in [5, 5.41) is 4.23. The van der Waals surface area contributed by atoms with Crippen LogP contribution in [0.5, 0.6) is 0 Å². The zero-order valence-corrected chi connectivity index (χ0v) is 14.1. The van der Waals surface area contributed by atoms with Crippen LogP contribution in [0.25, 0.3) is 45.2 Å². The minimum absolute atomic E-state index is 0.468. The Labute approximate surface area is 153 Å². The molecule has 6 rings (SSSR count). The highest BCUT2D eigenvalue weighted by Crippen LogP contribution is 2.28. The smallest absolute Gasteiger partial charge is 0.277 e. The van der Waals surface area contributed by atoms with Crippen molar-refractivity contribution in [3.8, 4) is 17.4 Å². The Morgan fingerprint density at radius 2 is 1.37 bits per heavy atom. The van der Waals surface area contributed by atoms with E-state index in [2.05, 4.69) is 26.7 Å². The van der Waals surface area contributed by atoms with Gasteiger partial charge >= 0.3 is 0 Å². The van der Waals surface area contributed by atoms with Crippen LogP contribution in [0.15, 0.2) is 83.4 Å². The van der Waals surface area contributed by atoms with Gasteiger partial charge in [-0.3, -0.25) is 4.40 Å². The van der Waals surface area contributed by atoms with Gasteiger partial charge in [0.15, 0.2) is 0 Å². The van der Waals surface area contributed by atoms with Gasteiger partial charge in [0, 0.05) is 5.56 Å². The van der Waals surface area contributed by atoms with Crippen molar-refractivity contribution in [3.05, 3.63) is 78.9 Å². The summed E-state index contributed by atoms with van der Waals surface area (Å²) >= 11 is 0. The van der Waals surface area contributed by atoms with Gasteiger partial charge in [-0.1, -0.05) is 42.5 Å². The number of fused-ring (bicyclic) bond motifs is 5.